The van der Waals surface area contributed by atoms with Crippen molar-refractivity contribution in [3.05, 3.63) is 29.3 Å². The van der Waals surface area contributed by atoms with Crippen molar-refractivity contribution >= 4 is 35.1 Å². The van der Waals surface area contributed by atoms with E-state index in [0.717, 1.165) is 0 Å². The number of halogens is 1. The van der Waals surface area contributed by atoms with Crippen LogP contribution in [0.5, 0.6) is 0 Å². The molecule has 0 spiro atoms. The van der Waals surface area contributed by atoms with Crippen molar-refractivity contribution in [3.8, 4) is 0 Å². The molecule has 1 aromatic rings. The molecule has 24 heavy (non-hydrogen) atoms. The molecule has 2 amide bonds. The topological polar surface area (TPSA) is 75.7 Å². The smallest absolute Gasteiger partial charge is 0.307 e. The molecule has 1 N–H and O–H groups in total. The fraction of sp³-hybridized carbons (Fsp3) is 0.471. The molecule has 1 aromatic carbocycles. The van der Waals surface area contributed by atoms with Crippen LogP contribution in [0.25, 0.3) is 0 Å². The number of carbonyl (C=O) groups excluding carboxylic acids is 3. The van der Waals surface area contributed by atoms with E-state index >= 15 is 0 Å². The number of rotatable bonds is 5. The van der Waals surface area contributed by atoms with Gasteiger partial charge in [0.05, 0.1) is 30.2 Å². The van der Waals surface area contributed by atoms with Crippen molar-refractivity contribution in [3.63, 3.8) is 0 Å². The Labute approximate surface area is 146 Å². The molecule has 2 rings (SSSR count). The van der Waals surface area contributed by atoms with Gasteiger partial charge in [-0.15, -0.1) is 0 Å². The number of amides is 2. The van der Waals surface area contributed by atoms with Gasteiger partial charge in [-0.25, -0.2) is 0 Å². The van der Waals surface area contributed by atoms with E-state index in [1.54, 1.807) is 38.1 Å². The van der Waals surface area contributed by atoms with E-state index < -0.39 is 17.4 Å². The molecule has 7 heteroatoms. The van der Waals surface area contributed by atoms with Crippen LogP contribution in [0.2, 0.25) is 5.02 Å². The molecular weight excluding hydrogens is 332 g/mol. The summed E-state index contributed by atoms with van der Waals surface area (Å²) >= 11 is 6.13. The third-order valence-electron chi connectivity index (χ3n) is 3.91. The molecule has 1 saturated heterocycles. The minimum absolute atomic E-state index is 0.0597. The molecule has 0 aromatic heterocycles. The normalized spacial score (nSPS) is 17.8. The number of ether oxygens (including phenoxy) is 1. The van der Waals surface area contributed by atoms with Gasteiger partial charge in [-0.2, -0.15) is 0 Å². The van der Waals surface area contributed by atoms with Crippen LogP contribution < -0.4 is 10.2 Å². The Kier molecular flexibility index (Phi) is 5.49. The van der Waals surface area contributed by atoms with Crippen LogP contribution in [0, 0.1) is 5.92 Å². The first-order valence-electron chi connectivity index (χ1n) is 7.67. The van der Waals surface area contributed by atoms with Crippen molar-refractivity contribution in [2.45, 2.75) is 32.2 Å². The van der Waals surface area contributed by atoms with Crippen LogP contribution in [0.4, 0.5) is 5.69 Å². The van der Waals surface area contributed by atoms with Crippen molar-refractivity contribution in [1.29, 1.82) is 0 Å². The second-order valence-corrected chi connectivity index (χ2v) is 6.89. The average Bonchev–Trinajstić information content (AvgIpc) is 2.88. The first kappa shape index (κ1) is 18.3. The maximum Gasteiger partial charge on any atom is 0.307 e. The van der Waals surface area contributed by atoms with Gasteiger partial charge in [-0.3, -0.25) is 14.4 Å². The fourth-order valence-corrected chi connectivity index (χ4v) is 2.94. The minimum Gasteiger partial charge on any atom is -0.469 e. The quantitative estimate of drug-likeness (QED) is 0.824. The number of para-hydroxylation sites is 1. The van der Waals surface area contributed by atoms with E-state index in [2.05, 4.69) is 10.1 Å². The number of nitrogens with zero attached hydrogens (tertiary/aromatic N) is 1. The summed E-state index contributed by atoms with van der Waals surface area (Å²) in [6.07, 6.45) is 0.176. The third-order valence-corrected chi connectivity index (χ3v) is 4.23. The Morgan fingerprint density at radius 3 is 2.67 bits per heavy atom. The predicted octanol–water partition coefficient (Wildman–Crippen LogP) is 2.15. The number of benzene rings is 1. The monoisotopic (exact) mass is 352 g/mol. The fourth-order valence-electron chi connectivity index (χ4n) is 2.70. The number of methoxy groups -OCH3 is 1. The molecule has 1 aliphatic rings. The summed E-state index contributed by atoms with van der Waals surface area (Å²) in [5.41, 5.74) is -0.140. The highest BCUT2D eigenvalue weighted by Gasteiger charge is 2.37. The summed E-state index contributed by atoms with van der Waals surface area (Å²) < 4.78 is 4.63. The van der Waals surface area contributed by atoms with Gasteiger partial charge in [0.2, 0.25) is 11.8 Å². The number of hydrogen-bond acceptors (Lipinski definition) is 4. The minimum atomic E-state index is -0.745. The maximum absolute atomic E-state index is 12.5. The number of anilines is 1. The lowest BCUT2D eigenvalue weighted by Gasteiger charge is -2.26. The summed E-state index contributed by atoms with van der Waals surface area (Å²) in [6, 6.07) is 7.03. The van der Waals surface area contributed by atoms with Gasteiger partial charge in [-0.1, -0.05) is 23.7 Å². The summed E-state index contributed by atoms with van der Waals surface area (Å²) in [4.78, 5) is 37.6. The van der Waals surface area contributed by atoms with Crippen LogP contribution in [0.15, 0.2) is 24.3 Å². The Bertz CT molecular complexity index is 660. The van der Waals surface area contributed by atoms with Gasteiger partial charge in [0.15, 0.2) is 0 Å². The number of esters is 1. The summed E-state index contributed by atoms with van der Waals surface area (Å²) in [5.74, 6) is -1.29. The SMILES string of the molecule is COC(=O)CC(C)(C)NC(=O)[C@@H]1CC(=O)N(c2ccccc2Cl)C1. The lowest BCUT2D eigenvalue weighted by molar-refractivity contribution is -0.142. The van der Waals surface area contributed by atoms with Crippen molar-refractivity contribution in [2.24, 2.45) is 5.92 Å². The van der Waals surface area contributed by atoms with E-state index in [1.165, 1.54) is 12.0 Å². The molecule has 6 nitrogen and oxygen atoms in total. The molecule has 0 saturated carbocycles. The first-order chi connectivity index (χ1) is 11.2. The Morgan fingerprint density at radius 2 is 2.04 bits per heavy atom. The van der Waals surface area contributed by atoms with E-state index in [-0.39, 0.29) is 31.2 Å². The molecule has 0 bridgehead atoms. The van der Waals surface area contributed by atoms with E-state index in [1.807, 2.05) is 0 Å². The molecular formula is C17H21ClN2O4. The Morgan fingerprint density at radius 1 is 1.38 bits per heavy atom. The van der Waals surface area contributed by atoms with Crippen molar-refractivity contribution < 1.29 is 19.1 Å². The molecule has 1 heterocycles. The Hall–Kier alpha value is -2.08. The average molecular weight is 353 g/mol. The van der Waals surface area contributed by atoms with Crippen molar-refractivity contribution in [2.75, 3.05) is 18.6 Å². The van der Waals surface area contributed by atoms with Gasteiger partial charge in [-0.05, 0) is 26.0 Å². The summed E-state index contributed by atoms with van der Waals surface area (Å²) in [6.45, 7) is 3.75. The molecule has 1 aliphatic heterocycles. The molecule has 0 unspecified atom stereocenters. The Balaban J connectivity index is 2.04. The number of hydrogen-bond donors (Lipinski definition) is 1. The maximum atomic E-state index is 12.5. The molecule has 1 atom stereocenters. The van der Waals surface area contributed by atoms with Crippen LogP contribution >= 0.6 is 11.6 Å². The molecule has 0 aliphatic carbocycles. The lowest BCUT2D eigenvalue weighted by atomic mass is 9.98. The van der Waals surface area contributed by atoms with E-state index in [0.29, 0.717) is 10.7 Å². The van der Waals surface area contributed by atoms with Gasteiger partial charge in [0, 0.05) is 18.5 Å². The van der Waals surface area contributed by atoms with Gasteiger partial charge < -0.3 is 15.0 Å². The third kappa shape index (κ3) is 4.26. The molecule has 0 radical (unpaired) electrons. The first-order valence-corrected chi connectivity index (χ1v) is 8.05. The largest absolute Gasteiger partial charge is 0.469 e. The second-order valence-electron chi connectivity index (χ2n) is 6.48. The molecule has 130 valence electrons. The second kappa shape index (κ2) is 7.21. The van der Waals surface area contributed by atoms with E-state index in [9.17, 15) is 14.4 Å². The highest BCUT2D eigenvalue weighted by atomic mass is 35.5. The molecule has 1 fully saturated rings. The van der Waals surface area contributed by atoms with Gasteiger partial charge >= 0.3 is 5.97 Å². The highest BCUT2D eigenvalue weighted by Crippen LogP contribution is 2.31. The van der Waals surface area contributed by atoms with Crippen LogP contribution in [-0.2, 0) is 19.1 Å². The van der Waals surface area contributed by atoms with E-state index in [4.69, 9.17) is 11.6 Å². The summed E-state index contributed by atoms with van der Waals surface area (Å²) in [7, 11) is 1.30. The van der Waals surface area contributed by atoms with Crippen molar-refractivity contribution in [1.82, 2.24) is 5.32 Å². The van der Waals surface area contributed by atoms with Gasteiger partial charge in [0.25, 0.3) is 0 Å². The van der Waals surface area contributed by atoms with Crippen LogP contribution in [0.1, 0.15) is 26.7 Å². The highest BCUT2D eigenvalue weighted by molar-refractivity contribution is 6.33. The number of carbonyl (C=O) groups is 3. The number of nitrogens with one attached hydrogen (secondary N) is 1. The van der Waals surface area contributed by atoms with Crippen LogP contribution in [-0.4, -0.2) is 37.0 Å². The van der Waals surface area contributed by atoms with Crippen LogP contribution in [0.3, 0.4) is 0 Å². The summed E-state index contributed by atoms with van der Waals surface area (Å²) in [5, 5.41) is 3.29. The van der Waals surface area contributed by atoms with Gasteiger partial charge in [0.1, 0.15) is 0 Å². The standard InChI is InChI=1S/C17H21ClN2O4/c1-17(2,9-15(22)24-3)19-16(23)11-8-14(21)20(10-11)13-7-5-4-6-12(13)18/h4-7,11H,8-10H2,1-3H3,(H,19,23)/t11-/m1/s1. The zero-order valence-electron chi connectivity index (χ0n) is 14.0. The zero-order valence-corrected chi connectivity index (χ0v) is 14.7. The predicted molar refractivity (Wildman–Crippen MR) is 90.8 cm³/mol. The zero-order chi connectivity index (χ0) is 17.9. The lowest BCUT2D eigenvalue weighted by Crippen LogP contribution is -2.48.